The zero-order chi connectivity index (χ0) is 15.0. The lowest BCUT2D eigenvalue weighted by atomic mass is 10.2. The summed E-state index contributed by atoms with van der Waals surface area (Å²) >= 11 is 0. The minimum absolute atomic E-state index is 0.271. The number of hydrogen-bond acceptors (Lipinski definition) is 3. The molecule has 3 aromatic rings. The van der Waals surface area contributed by atoms with Crippen LogP contribution in [0.1, 0.15) is 12.6 Å². The Labute approximate surface area is 120 Å². The fraction of sp³-hybridized carbons (Fsp3) is 0.200. The van der Waals surface area contributed by atoms with Crippen molar-refractivity contribution in [3.05, 3.63) is 48.3 Å². The van der Waals surface area contributed by atoms with E-state index in [4.69, 9.17) is 0 Å². The molecule has 6 heteroatoms. The third-order valence-corrected chi connectivity index (χ3v) is 3.27. The lowest BCUT2D eigenvalue weighted by molar-refractivity contribution is 0.0124. The molecule has 108 valence electrons. The summed E-state index contributed by atoms with van der Waals surface area (Å²) in [6.07, 6.45) is 1.69. The van der Waals surface area contributed by atoms with E-state index in [1.165, 1.54) is 10.7 Å². The summed E-state index contributed by atoms with van der Waals surface area (Å²) in [5.74, 6) is -2.48. The number of anilines is 1. The Balaban J connectivity index is 2.25. The predicted octanol–water partition coefficient (Wildman–Crippen LogP) is 3.57. The van der Waals surface area contributed by atoms with Crippen molar-refractivity contribution < 1.29 is 8.78 Å². The highest BCUT2D eigenvalue weighted by Crippen LogP contribution is 2.30. The van der Waals surface area contributed by atoms with E-state index in [0.717, 1.165) is 17.8 Å². The van der Waals surface area contributed by atoms with Gasteiger partial charge in [0.1, 0.15) is 11.5 Å². The van der Waals surface area contributed by atoms with Crippen LogP contribution >= 0.6 is 0 Å². The fourth-order valence-electron chi connectivity index (χ4n) is 2.23. The van der Waals surface area contributed by atoms with E-state index >= 15 is 0 Å². The quantitative estimate of drug-likeness (QED) is 0.801. The molecule has 0 saturated carbocycles. The number of alkyl halides is 2. The third-order valence-electron chi connectivity index (χ3n) is 3.27. The van der Waals surface area contributed by atoms with Gasteiger partial charge in [0.2, 0.25) is 0 Å². The first-order chi connectivity index (χ1) is 10.0. The number of pyridine rings is 1. The fourth-order valence-corrected chi connectivity index (χ4v) is 2.23. The second-order valence-electron chi connectivity index (χ2n) is 4.81. The molecule has 1 N–H and O–H groups in total. The highest BCUT2D eigenvalue weighted by atomic mass is 19.3. The van der Waals surface area contributed by atoms with Crippen LogP contribution in [-0.4, -0.2) is 21.8 Å². The highest BCUT2D eigenvalue weighted by molar-refractivity contribution is 5.87. The number of aromatic nitrogens is 3. The van der Waals surface area contributed by atoms with E-state index in [0.29, 0.717) is 11.5 Å². The van der Waals surface area contributed by atoms with Crippen LogP contribution in [0.3, 0.4) is 0 Å². The Morgan fingerprint density at radius 2 is 2.00 bits per heavy atom. The second-order valence-corrected chi connectivity index (χ2v) is 4.81. The molecule has 0 saturated heterocycles. The molecule has 1 aromatic carbocycles. The molecule has 3 rings (SSSR count). The van der Waals surface area contributed by atoms with Gasteiger partial charge in [0.25, 0.3) is 5.92 Å². The van der Waals surface area contributed by atoms with Gasteiger partial charge < -0.3 is 5.32 Å². The molecule has 0 aliphatic heterocycles. The van der Waals surface area contributed by atoms with Crippen LogP contribution in [0, 0.1) is 0 Å². The number of nitrogens with one attached hydrogen (secondary N) is 1. The average Bonchev–Trinajstić information content (AvgIpc) is 2.91. The number of hydrogen-bond donors (Lipinski definition) is 1. The summed E-state index contributed by atoms with van der Waals surface area (Å²) in [4.78, 5) is 4.27. The minimum atomic E-state index is -2.99. The molecule has 0 radical (unpaired) electrons. The SMILES string of the molecule is CNc1cc(C(C)(F)F)nn1-c1cccc2ncccc12. The van der Waals surface area contributed by atoms with Crippen molar-refractivity contribution in [2.45, 2.75) is 12.8 Å². The maximum atomic E-state index is 13.5. The summed E-state index contributed by atoms with van der Waals surface area (Å²) < 4.78 is 28.5. The number of halogens is 2. The van der Waals surface area contributed by atoms with Crippen LogP contribution in [0.25, 0.3) is 16.6 Å². The van der Waals surface area contributed by atoms with Crippen molar-refractivity contribution >= 4 is 16.7 Å². The standard InChI is InChI=1S/C15H14F2N4/c1-15(16,17)13-9-14(18-2)21(20-13)12-7-3-6-11-10(12)5-4-8-19-11/h3-9,18H,1-2H3. The molecular weight excluding hydrogens is 274 g/mol. The van der Waals surface area contributed by atoms with Crippen LogP contribution in [0.2, 0.25) is 0 Å². The minimum Gasteiger partial charge on any atom is -0.373 e. The van der Waals surface area contributed by atoms with Crippen LogP contribution in [0.5, 0.6) is 0 Å². The lowest BCUT2D eigenvalue weighted by Crippen LogP contribution is -2.09. The first-order valence-corrected chi connectivity index (χ1v) is 6.51. The van der Waals surface area contributed by atoms with Crippen molar-refractivity contribution in [3.8, 4) is 5.69 Å². The Morgan fingerprint density at radius 1 is 1.19 bits per heavy atom. The summed E-state index contributed by atoms with van der Waals surface area (Å²) in [5.41, 5.74) is 1.23. The van der Waals surface area contributed by atoms with Gasteiger partial charge in [0.15, 0.2) is 0 Å². The molecule has 4 nitrogen and oxygen atoms in total. The monoisotopic (exact) mass is 288 g/mol. The van der Waals surface area contributed by atoms with Crippen LogP contribution in [0.4, 0.5) is 14.6 Å². The van der Waals surface area contributed by atoms with Crippen molar-refractivity contribution in [3.63, 3.8) is 0 Å². The normalized spacial score (nSPS) is 11.8. The highest BCUT2D eigenvalue weighted by Gasteiger charge is 2.29. The van der Waals surface area contributed by atoms with E-state index < -0.39 is 5.92 Å². The van der Waals surface area contributed by atoms with E-state index in [-0.39, 0.29) is 5.69 Å². The van der Waals surface area contributed by atoms with Gasteiger partial charge in [-0.25, -0.2) is 4.68 Å². The van der Waals surface area contributed by atoms with Crippen LogP contribution in [-0.2, 0) is 5.92 Å². The van der Waals surface area contributed by atoms with E-state index in [1.807, 2.05) is 30.3 Å². The summed E-state index contributed by atoms with van der Waals surface area (Å²) in [7, 11) is 1.68. The smallest absolute Gasteiger partial charge is 0.288 e. The van der Waals surface area contributed by atoms with Gasteiger partial charge >= 0.3 is 0 Å². The number of nitrogens with zero attached hydrogens (tertiary/aromatic N) is 3. The molecule has 0 aliphatic carbocycles. The molecule has 2 aromatic heterocycles. The van der Waals surface area contributed by atoms with Gasteiger partial charge in [-0.05, 0) is 24.3 Å². The second kappa shape index (κ2) is 4.80. The van der Waals surface area contributed by atoms with Gasteiger partial charge in [0.05, 0.1) is 11.2 Å². The molecule has 0 bridgehead atoms. The van der Waals surface area contributed by atoms with Gasteiger partial charge in [-0.2, -0.15) is 13.9 Å². The van der Waals surface area contributed by atoms with Crippen molar-refractivity contribution in [2.24, 2.45) is 0 Å². The van der Waals surface area contributed by atoms with Crippen LogP contribution < -0.4 is 5.32 Å². The van der Waals surface area contributed by atoms with Gasteiger partial charge in [-0.3, -0.25) is 4.98 Å². The van der Waals surface area contributed by atoms with Crippen molar-refractivity contribution in [1.29, 1.82) is 0 Å². The summed E-state index contributed by atoms with van der Waals surface area (Å²) in [6.45, 7) is 0.837. The first-order valence-electron chi connectivity index (χ1n) is 6.51. The third kappa shape index (κ3) is 2.33. The van der Waals surface area contributed by atoms with Gasteiger partial charge in [-0.1, -0.05) is 6.07 Å². The maximum absolute atomic E-state index is 13.5. The Hall–Kier alpha value is -2.50. The van der Waals surface area contributed by atoms with E-state index in [9.17, 15) is 8.78 Å². The Morgan fingerprint density at radius 3 is 2.71 bits per heavy atom. The molecular formula is C15H14F2N4. The average molecular weight is 288 g/mol. The largest absolute Gasteiger partial charge is 0.373 e. The number of rotatable bonds is 3. The van der Waals surface area contributed by atoms with Crippen molar-refractivity contribution in [1.82, 2.24) is 14.8 Å². The molecule has 0 fully saturated rings. The number of benzene rings is 1. The first kappa shape index (κ1) is 13.5. The van der Waals surface area contributed by atoms with E-state index in [2.05, 4.69) is 15.4 Å². The van der Waals surface area contributed by atoms with E-state index in [1.54, 1.807) is 13.2 Å². The summed E-state index contributed by atoms with van der Waals surface area (Å²) in [5, 5.41) is 7.80. The molecule has 0 spiro atoms. The molecule has 0 aliphatic rings. The topological polar surface area (TPSA) is 42.7 Å². The molecule has 2 heterocycles. The predicted molar refractivity (Wildman–Crippen MR) is 78.0 cm³/mol. The van der Waals surface area contributed by atoms with Crippen molar-refractivity contribution in [2.75, 3.05) is 12.4 Å². The maximum Gasteiger partial charge on any atom is 0.288 e. The molecule has 21 heavy (non-hydrogen) atoms. The molecule has 0 unspecified atom stereocenters. The Kier molecular flexibility index (Phi) is 3.08. The summed E-state index contributed by atoms with van der Waals surface area (Å²) in [6, 6.07) is 10.6. The van der Waals surface area contributed by atoms with Gasteiger partial charge in [-0.15, -0.1) is 0 Å². The zero-order valence-electron chi connectivity index (χ0n) is 11.6. The molecule has 0 amide bonds. The van der Waals surface area contributed by atoms with Crippen LogP contribution in [0.15, 0.2) is 42.6 Å². The zero-order valence-corrected chi connectivity index (χ0v) is 11.6. The number of fused-ring (bicyclic) bond motifs is 1. The molecule has 0 atom stereocenters. The lowest BCUT2D eigenvalue weighted by Gasteiger charge is -2.09. The van der Waals surface area contributed by atoms with Gasteiger partial charge in [0, 0.05) is 31.6 Å². The Bertz CT molecular complexity index is 784.